The highest BCUT2D eigenvalue weighted by Crippen LogP contribution is 2.31. The van der Waals surface area contributed by atoms with Gasteiger partial charge in [0.05, 0.1) is 12.2 Å². The first kappa shape index (κ1) is 11.0. The molecule has 1 aliphatic carbocycles. The van der Waals surface area contributed by atoms with Gasteiger partial charge in [0.25, 0.3) is 0 Å². The highest BCUT2D eigenvalue weighted by atomic mass is 16.5. The lowest BCUT2D eigenvalue weighted by molar-refractivity contribution is 0.299. The Morgan fingerprint density at radius 2 is 2.19 bits per heavy atom. The van der Waals surface area contributed by atoms with Crippen LogP contribution in [0.3, 0.4) is 0 Å². The molecule has 2 rings (SSSR count). The van der Waals surface area contributed by atoms with Gasteiger partial charge >= 0.3 is 0 Å². The van der Waals surface area contributed by atoms with Crippen LogP contribution in [0.2, 0.25) is 0 Å². The predicted molar refractivity (Wildman–Crippen MR) is 63.5 cm³/mol. The average molecular weight is 215 g/mol. The molecule has 0 saturated heterocycles. The van der Waals surface area contributed by atoms with E-state index in [1.54, 1.807) is 0 Å². The van der Waals surface area contributed by atoms with Crippen molar-refractivity contribution in [3.05, 3.63) is 29.3 Å². The third-order valence-corrected chi connectivity index (χ3v) is 2.96. The highest BCUT2D eigenvalue weighted by Gasteiger charge is 2.22. The fraction of sp³-hybridized carbons (Fsp3) is 0.500. The van der Waals surface area contributed by atoms with E-state index in [2.05, 4.69) is 19.9 Å². The second kappa shape index (κ2) is 4.57. The predicted octanol–water partition coefficient (Wildman–Crippen LogP) is 3.47. The number of ether oxygens (including phenoxy) is 1. The molecule has 0 radical (unpaired) electrons. The Hall–Kier alpha value is -1.49. The van der Waals surface area contributed by atoms with Crippen LogP contribution in [0.5, 0.6) is 5.75 Å². The summed E-state index contributed by atoms with van der Waals surface area (Å²) in [5.74, 6) is 1.90. The number of nitrogens with zero attached hydrogens (tertiary/aromatic N) is 1. The van der Waals surface area contributed by atoms with Gasteiger partial charge < -0.3 is 4.74 Å². The van der Waals surface area contributed by atoms with Gasteiger partial charge in [-0.15, -0.1) is 0 Å². The summed E-state index contributed by atoms with van der Waals surface area (Å²) in [7, 11) is 0. The van der Waals surface area contributed by atoms with Crippen molar-refractivity contribution >= 4 is 0 Å². The lowest BCUT2D eigenvalue weighted by atomic mass is 10.0. The minimum absolute atomic E-state index is 0.449. The monoisotopic (exact) mass is 215 g/mol. The zero-order valence-corrected chi connectivity index (χ0v) is 9.86. The van der Waals surface area contributed by atoms with Crippen LogP contribution in [0, 0.1) is 17.2 Å². The zero-order valence-electron chi connectivity index (χ0n) is 9.86. The van der Waals surface area contributed by atoms with Gasteiger partial charge in [-0.1, -0.05) is 19.9 Å². The van der Waals surface area contributed by atoms with Crippen LogP contribution >= 0.6 is 0 Å². The lowest BCUT2D eigenvalue weighted by Gasteiger charge is -2.10. The molecule has 1 aliphatic rings. The molecule has 0 unspecified atom stereocenters. The van der Waals surface area contributed by atoms with Crippen molar-refractivity contribution in [2.24, 2.45) is 5.92 Å². The molecule has 84 valence electrons. The number of benzene rings is 1. The summed E-state index contributed by atoms with van der Waals surface area (Å²) in [5, 5.41) is 9.08. The van der Waals surface area contributed by atoms with Crippen LogP contribution in [-0.2, 0) is 0 Å². The molecule has 0 N–H and O–H groups in total. The fourth-order valence-electron chi connectivity index (χ4n) is 1.61. The van der Waals surface area contributed by atoms with Crippen LogP contribution in [0.4, 0.5) is 0 Å². The maximum absolute atomic E-state index is 9.08. The molecule has 2 heteroatoms. The standard InChI is InChI=1S/C14H17NO/c1-10(2)12-5-6-14(13(7-12)8-15)16-9-11-3-4-11/h5-7,10-11H,3-4,9H2,1-2H3. The van der Waals surface area contributed by atoms with E-state index in [0.29, 0.717) is 11.5 Å². The Bertz CT molecular complexity index is 413. The molecule has 1 aromatic rings. The second-order valence-corrected chi connectivity index (χ2v) is 4.78. The number of rotatable bonds is 4. The maximum Gasteiger partial charge on any atom is 0.137 e. The first-order chi connectivity index (χ1) is 7.70. The second-order valence-electron chi connectivity index (χ2n) is 4.78. The Kier molecular flexibility index (Phi) is 3.14. The molecule has 0 aromatic heterocycles. The van der Waals surface area contributed by atoms with Crippen molar-refractivity contribution in [3.63, 3.8) is 0 Å². The Labute approximate surface area is 96.9 Å². The highest BCUT2D eigenvalue weighted by molar-refractivity contribution is 5.46. The molecule has 1 fully saturated rings. The van der Waals surface area contributed by atoms with Crippen molar-refractivity contribution in [2.45, 2.75) is 32.6 Å². The number of hydrogen-bond donors (Lipinski definition) is 0. The largest absolute Gasteiger partial charge is 0.492 e. The van der Waals surface area contributed by atoms with E-state index >= 15 is 0 Å². The van der Waals surface area contributed by atoms with E-state index in [9.17, 15) is 0 Å². The summed E-state index contributed by atoms with van der Waals surface area (Å²) in [6, 6.07) is 8.12. The van der Waals surface area contributed by atoms with Crippen LogP contribution < -0.4 is 4.74 Å². The van der Waals surface area contributed by atoms with Crippen molar-refractivity contribution in [2.75, 3.05) is 6.61 Å². The molecule has 0 aliphatic heterocycles. The van der Waals surface area contributed by atoms with Gasteiger partial charge in [0.2, 0.25) is 0 Å². The quantitative estimate of drug-likeness (QED) is 0.770. The molecule has 16 heavy (non-hydrogen) atoms. The molecular formula is C14H17NO. The summed E-state index contributed by atoms with van der Waals surface area (Å²) in [4.78, 5) is 0. The minimum atomic E-state index is 0.449. The fourth-order valence-corrected chi connectivity index (χ4v) is 1.61. The minimum Gasteiger partial charge on any atom is -0.492 e. The van der Waals surface area contributed by atoms with E-state index in [-0.39, 0.29) is 0 Å². The van der Waals surface area contributed by atoms with Crippen molar-refractivity contribution in [3.8, 4) is 11.8 Å². The van der Waals surface area contributed by atoms with Gasteiger partial charge in [0, 0.05) is 0 Å². The van der Waals surface area contributed by atoms with E-state index in [1.807, 2.05) is 18.2 Å². The van der Waals surface area contributed by atoms with Crippen LogP contribution in [-0.4, -0.2) is 6.61 Å². The first-order valence-electron chi connectivity index (χ1n) is 5.87. The summed E-state index contributed by atoms with van der Waals surface area (Å²) in [5.41, 5.74) is 1.85. The summed E-state index contributed by atoms with van der Waals surface area (Å²) in [6.07, 6.45) is 2.54. The average Bonchev–Trinajstić information content (AvgIpc) is 3.09. The van der Waals surface area contributed by atoms with E-state index in [4.69, 9.17) is 10.00 Å². The molecule has 0 spiro atoms. The number of hydrogen-bond acceptors (Lipinski definition) is 2. The van der Waals surface area contributed by atoms with Crippen LogP contribution in [0.1, 0.15) is 43.7 Å². The molecule has 0 amide bonds. The molecule has 2 nitrogen and oxygen atoms in total. The van der Waals surface area contributed by atoms with E-state index < -0.39 is 0 Å². The molecule has 1 aromatic carbocycles. The molecule has 0 bridgehead atoms. The third-order valence-electron chi connectivity index (χ3n) is 2.96. The molecular weight excluding hydrogens is 198 g/mol. The Balaban J connectivity index is 2.14. The van der Waals surface area contributed by atoms with Gasteiger partial charge in [-0.05, 0) is 42.4 Å². The van der Waals surface area contributed by atoms with Gasteiger partial charge in [-0.2, -0.15) is 5.26 Å². The van der Waals surface area contributed by atoms with Gasteiger partial charge in [0.1, 0.15) is 11.8 Å². The zero-order chi connectivity index (χ0) is 11.5. The topological polar surface area (TPSA) is 33.0 Å². The summed E-state index contributed by atoms with van der Waals surface area (Å²) < 4.78 is 5.66. The summed E-state index contributed by atoms with van der Waals surface area (Å²) >= 11 is 0. The maximum atomic E-state index is 9.08. The lowest BCUT2D eigenvalue weighted by Crippen LogP contribution is -2.01. The van der Waals surface area contributed by atoms with E-state index in [1.165, 1.54) is 18.4 Å². The smallest absolute Gasteiger partial charge is 0.137 e. The molecule has 1 saturated carbocycles. The van der Waals surface area contributed by atoms with Crippen molar-refractivity contribution in [1.82, 2.24) is 0 Å². The number of nitriles is 1. The Morgan fingerprint density at radius 3 is 2.75 bits per heavy atom. The van der Waals surface area contributed by atoms with Crippen LogP contribution in [0.15, 0.2) is 18.2 Å². The van der Waals surface area contributed by atoms with Crippen molar-refractivity contribution in [1.29, 1.82) is 5.26 Å². The molecule has 0 atom stereocenters. The normalized spacial score (nSPS) is 14.9. The Morgan fingerprint density at radius 1 is 1.44 bits per heavy atom. The van der Waals surface area contributed by atoms with Gasteiger partial charge in [0.15, 0.2) is 0 Å². The third kappa shape index (κ3) is 2.55. The van der Waals surface area contributed by atoms with Gasteiger partial charge in [-0.3, -0.25) is 0 Å². The molecule has 0 heterocycles. The van der Waals surface area contributed by atoms with E-state index in [0.717, 1.165) is 18.3 Å². The first-order valence-corrected chi connectivity index (χ1v) is 5.87. The van der Waals surface area contributed by atoms with Crippen molar-refractivity contribution < 1.29 is 4.74 Å². The SMILES string of the molecule is CC(C)c1ccc(OCC2CC2)c(C#N)c1. The van der Waals surface area contributed by atoms with Crippen LogP contribution in [0.25, 0.3) is 0 Å². The van der Waals surface area contributed by atoms with Gasteiger partial charge in [-0.25, -0.2) is 0 Å². The summed E-state index contributed by atoms with van der Waals surface area (Å²) in [6.45, 7) is 5.01.